The molecule has 5 rings (SSSR count). The molecule has 0 saturated heterocycles. The van der Waals surface area contributed by atoms with Crippen molar-refractivity contribution in [3.05, 3.63) is 34.0 Å². The van der Waals surface area contributed by atoms with E-state index in [2.05, 4.69) is 43.2 Å². The van der Waals surface area contributed by atoms with Gasteiger partial charge in [0.25, 0.3) is 0 Å². The van der Waals surface area contributed by atoms with Crippen LogP contribution in [0, 0.1) is 46.3 Å². The zero-order valence-electron chi connectivity index (χ0n) is 19.4. The highest BCUT2D eigenvalue weighted by molar-refractivity contribution is 7.10. The number of thiophene rings is 1. The molecule has 0 unspecified atom stereocenters. The number of allylic oxidation sites excluding steroid dienone is 1. The highest BCUT2D eigenvalue weighted by atomic mass is 32.1. The van der Waals surface area contributed by atoms with E-state index in [1.807, 2.05) is 13.0 Å². The van der Waals surface area contributed by atoms with Crippen molar-refractivity contribution in [1.29, 1.82) is 0 Å². The summed E-state index contributed by atoms with van der Waals surface area (Å²) < 4.78 is 0. The number of aliphatic hydroxyl groups excluding tert-OH is 1. The molecule has 1 heterocycles. The lowest BCUT2D eigenvalue weighted by Gasteiger charge is -2.58. The quantitative estimate of drug-likeness (QED) is 0.427. The average Bonchev–Trinajstić information content (AvgIpc) is 3.35. The van der Waals surface area contributed by atoms with E-state index in [0.717, 1.165) is 42.4 Å². The van der Waals surface area contributed by atoms with Crippen molar-refractivity contribution in [2.75, 3.05) is 0 Å². The predicted octanol–water partition coefficient (Wildman–Crippen LogP) is 6.18. The third-order valence-corrected chi connectivity index (χ3v) is 10.8. The minimum Gasteiger partial charge on any atom is -0.393 e. The highest BCUT2D eigenvalue weighted by Crippen LogP contribution is 2.67. The molecule has 168 valence electrons. The maximum Gasteiger partial charge on any atom is 0.0768 e. The lowest BCUT2D eigenvalue weighted by atomic mass is 9.46. The number of fused-ring (bicyclic) bond motifs is 5. The van der Waals surface area contributed by atoms with Gasteiger partial charge in [0, 0.05) is 6.42 Å². The molecule has 0 radical (unpaired) electrons. The first-order valence-corrected chi connectivity index (χ1v) is 13.2. The summed E-state index contributed by atoms with van der Waals surface area (Å²) in [5.41, 5.74) is 1.32. The largest absolute Gasteiger partial charge is 0.393 e. The van der Waals surface area contributed by atoms with Gasteiger partial charge in [0.15, 0.2) is 0 Å². The van der Waals surface area contributed by atoms with Crippen molar-refractivity contribution in [3.63, 3.8) is 0 Å². The van der Waals surface area contributed by atoms with Crippen LogP contribution in [-0.2, 0) is 0 Å². The lowest BCUT2D eigenvalue weighted by molar-refractivity contribution is -0.0997. The first-order valence-electron chi connectivity index (χ1n) is 12.4. The van der Waals surface area contributed by atoms with Gasteiger partial charge in [-0.3, -0.25) is 0 Å². The van der Waals surface area contributed by atoms with Gasteiger partial charge in [-0.1, -0.05) is 43.4 Å². The summed E-state index contributed by atoms with van der Waals surface area (Å²) in [5.74, 6) is 9.07. The van der Waals surface area contributed by atoms with E-state index in [4.69, 9.17) is 0 Å². The molecule has 1 aromatic heterocycles. The van der Waals surface area contributed by atoms with E-state index in [-0.39, 0.29) is 16.9 Å². The first-order chi connectivity index (χ1) is 14.7. The Bertz CT molecular complexity index is 903. The van der Waals surface area contributed by atoms with E-state index in [1.165, 1.54) is 25.7 Å². The summed E-state index contributed by atoms with van der Waals surface area (Å²) >= 11 is 1.67. The van der Waals surface area contributed by atoms with E-state index >= 15 is 0 Å². The molecule has 4 aliphatic carbocycles. The van der Waals surface area contributed by atoms with Crippen molar-refractivity contribution in [1.82, 2.24) is 0 Å². The van der Waals surface area contributed by atoms with Crippen LogP contribution >= 0.6 is 11.3 Å². The molecule has 0 amide bonds. The molecule has 3 saturated carbocycles. The zero-order valence-corrected chi connectivity index (χ0v) is 20.2. The molecular formula is C28H38O2S. The lowest BCUT2D eigenvalue weighted by Crippen LogP contribution is -2.53. The van der Waals surface area contributed by atoms with Crippen LogP contribution in [0.5, 0.6) is 0 Å². The second-order valence-corrected chi connectivity index (χ2v) is 12.6. The Hall–Kier alpha value is -1.08. The molecule has 0 aliphatic heterocycles. The van der Waals surface area contributed by atoms with Crippen LogP contribution in [0.25, 0.3) is 0 Å². The second kappa shape index (κ2) is 7.75. The number of aliphatic hydroxyl groups is 2. The van der Waals surface area contributed by atoms with E-state index in [1.54, 1.807) is 16.9 Å². The van der Waals surface area contributed by atoms with Gasteiger partial charge in [0.1, 0.15) is 0 Å². The van der Waals surface area contributed by atoms with Crippen molar-refractivity contribution in [2.24, 2.45) is 34.5 Å². The zero-order chi connectivity index (χ0) is 21.9. The fraction of sp³-hybridized carbons (Fsp3) is 0.714. The molecule has 2 nitrogen and oxygen atoms in total. The third kappa shape index (κ3) is 3.54. The Morgan fingerprint density at radius 3 is 2.77 bits per heavy atom. The molecule has 2 N–H and O–H groups in total. The molecule has 3 heteroatoms. The smallest absolute Gasteiger partial charge is 0.0768 e. The van der Waals surface area contributed by atoms with Gasteiger partial charge >= 0.3 is 0 Å². The van der Waals surface area contributed by atoms with Crippen molar-refractivity contribution in [2.45, 2.75) is 90.3 Å². The van der Waals surface area contributed by atoms with Gasteiger partial charge in [-0.05, 0) is 104 Å². The minimum atomic E-state index is -0.727. The summed E-state index contributed by atoms with van der Waals surface area (Å²) in [7, 11) is 0. The Kier molecular flexibility index (Phi) is 5.44. The topological polar surface area (TPSA) is 40.5 Å². The second-order valence-electron chi connectivity index (χ2n) is 11.6. The maximum atomic E-state index is 11.6. The number of rotatable bonds is 2. The normalized spacial score (nSPS) is 43.5. The van der Waals surface area contributed by atoms with E-state index in [9.17, 15) is 10.2 Å². The third-order valence-electron chi connectivity index (χ3n) is 10.0. The van der Waals surface area contributed by atoms with Crippen LogP contribution in [0.15, 0.2) is 29.2 Å². The van der Waals surface area contributed by atoms with E-state index in [0.29, 0.717) is 18.3 Å². The highest BCUT2D eigenvalue weighted by Gasteiger charge is 2.61. The van der Waals surface area contributed by atoms with Gasteiger partial charge in [0.05, 0.1) is 16.6 Å². The first kappa shape index (κ1) is 21.7. The number of hydrogen-bond donors (Lipinski definition) is 2. The van der Waals surface area contributed by atoms with Gasteiger partial charge in [0.2, 0.25) is 0 Å². The standard InChI is InChI=1S/C28H38O2S/c1-26-15-12-20(29)18-19(26)8-9-22-23-10-11-25(27(23,2)16-13-24(22)26)28(3,30)14-4-6-21-7-5-17-31-21/h5,7-8,17,20,22-25,29-30H,9-16,18H2,1-3H3/t20-,22-,23-,24-,25-,26-,27-,28-/m0/s1. The van der Waals surface area contributed by atoms with Gasteiger partial charge in [-0.15, -0.1) is 11.3 Å². The van der Waals surface area contributed by atoms with E-state index < -0.39 is 5.60 Å². The Balaban J connectivity index is 1.36. The molecule has 31 heavy (non-hydrogen) atoms. The Labute approximate surface area is 192 Å². The Morgan fingerprint density at radius 1 is 1.16 bits per heavy atom. The van der Waals surface area contributed by atoms with Crippen LogP contribution in [0.2, 0.25) is 0 Å². The summed E-state index contributed by atoms with van der Waals surface area (Å²) in [4.78, 5) is 1.09. The van der Waals surface area contributed by atoms with Crippen LogP contribution in [0.1, 0.15) is 83.4 Å². The SMILES string of the molecule is C[C@]12CC[C@H]3[C@@H](CC=C4C[C@@H](O)CC[C@@]43C)[C@@H]1CC[C@@H]2[C@@](C)(O)CC#Cc1cccs1. The average molecular weight is 439 g/mol. The van der Waals surface area contributed by atoms with Crippen LogP contribution < -0.4 is 0 Å². The van der Waals surface area contributed by atoms with Crippen LogP contribution in [-0.4, -0.2) is 21.9 Å². The number of hydrogen-bond acceptors (Lipinski definition) is 3. The fourth-order valence-electron chi connectivity index (χ4n) is 8.45. The molecule has 3 fully saturated rings. The minimum absolute atomic E-state index is 0.133. The van der Waals surface area contributed by atoms with Crippen molar-refractivity contribution >= 4 is 11.3 Å². The van der Waals surface area contributed by atoms with Gasteiger partial charge in [-0.2, -0.15) is 0 Å². The summed E-state index contributed by atoms with van der Waals surface area (Å²) in [6.07, 6.45) is 12.0. The molecule has 0 aromatic carbocycles. The van der Waals surface area contributed by atoms with Crippen LogP contribution in [0.4, 0.5) is 0 Å². The summed E-state index contributed by atoms with van der Waals surface area (Å²) in [6.45, 7) is 7.02. The fourth-order valence-corrected chi connectivity index (χ4v) is 9.04. The van der Waals surface area contributed by atoms with Crippen LogP contribution in [0.3, 0.4) is 0 Å². The van der Waals surface area contributed by atoms with Gasteiger partial charge < -0.3 is 10.2 Å². The molecule has 8 atom stereocenters. The Morgan fingerprint density at radius 2 is 2.00 bits per heavy atom. The van der Waals surface area contributed by atoms with Crippen molar-refractivity contribution < 1.29 is 10.2 Å². The van der Waals surface area contributed by atoms with Gasteiger partial charge in [-0.25, -0.2) is 0 Å². The molecular weight excluding hydrogens is 400 g/mol. The molecule has 4 aliphatic rings. The maximum absolute atomic E-state index is 11.6. The molecule has 0 bridgehead atoms. The van der Waals surface area contributed by atoms with Crippen molar-refractivity contribution in [3.8, 4) is 11.8 Å². The monoisotopic (exact) mass is 438 g/mol. The molecule has 1 aromatic rings. The predicted molar refractivity (Wildman–Crippen MR) is 128 cm³/mol. The summed E-state index contributed by atoms with van der Waals surface area (Å²) in [6, 6.07) is 4.09. The summed E-state index contributed by atoms with van der Waals surface area (Å²) in [5, 5.41) is 23.9. The molecule has 0 spiro atoms.